The number of cyclic esters (lactones) is 1. The number of carbonyl (C=O) groups is 2. The van der Waals surface area contributed by atoms with Gasteiger partial charge in [0.1, 0.15) is 11.5 Å². The van der Waals surface area contributed by atoms with E-state index in [-0.39, 0.29) is 0 Å². The fourth-order valence-electron chi connectivity index (χ4n) is 3.17. The summed E-state index contributed by atoms with van der Waals surface area (Å²) in [5, 5.41) is 1.87. The molecule has 0 amide bonds. The molecule has 1 aliphatic heterocycles. The van der Waals surface area contributed by atoms with Gasteiger partial charge in [0.05, 0.1) is 5.57 Å². The Morgan fingerprint density at radius 2 is 1.75 bits per heavy atom. The topological polar surface area (TPSA) is 52.6 Å². The van der Waals surface area contributed by atoms with Crippen molar-refractivity contribution in [1.29, 1.82) is 0 Å². The van der Waals surface area contributed by atoms with Crippen molar-refractivity contribution in [2.75, 3.05) is 0 Å². The molecule has 4 nitrogen and oxygen atoms in total. The predicted octanol–water partition coefficient (Wildman–Crippen LogP) is 5.05. The number of benzene rings is 3. The third kappa shape index (κ3) is 3.45. The Kier molecular flexibility index (Phi) is 4.53. The summed E-state index contributed by atoms with van der Waals surface area (Å²) in [4.78, 5) is 24.0. The summed E-state index contributed by atoms with van der Waals surface area (Å²) < 4.78 is 10.8. The van der Waals surface area contributed by atoms with Gasteiger partial charge in [0.2, 0.25) is 0 Å². The van der Waals surface area contributed by atoms with Crippen LogP contribution in [0.5, 0.6) is 5.75 Å². The van der Waals surface area contributed by atoms with Crippen LogP contribution in [0.4, 0.5) is 0 Å². The number of fused-ring (bicyclic) bond motifs is 1. The first-order chi connectivity index (χ1) is 13.5. The Morgan fingerprint density at radius 3 is 2.50 bits per heavy atom. The van der Waals surface area contributed by atoms with E-state index in [0.29, 0.717) is 22.6 Å². The van der Waals surface area contributed by atoms with Crippen LogP contribution in [0.1, 0.15) is 23.6 Å². The second-order valence-corrected chi connectivity index (χ2v) is 6.66. The highest BCUT2D eigenvalue weighted by molar-refractivity contribution is 6.07. The van der Waals surface area contributed by atoms with Gasteiger partial charge in [0.15, 0.2) is 0 Å². The molecule has 0 spiro atoms. The largest absolute Gasteiger partial charge is 0.426 e. The van der Waals surface area contributed by atoms with Crippen molar-refractivity contribution in [1.82, 2.24) is 0 Å². The fraction of sp³-hybridized carbons (Fsp3) is 0.0833. The Labute approximate surface area is 162 Å². The molecule has 0 radical (unpaired) electrons. The van der Waals surface area contributed by atoms with Gasteiger partial charge in [-0.15, -0.1) is 0 Å². The van der Waals surface area contributed by atoms with Crippen LogP contribution in [0, 0.1) is 6.92 Å². The molecule has 28 heavy (non-hydrogen) atoms. The lowest BCUT2D eigenvalue weighted by Gasteiger charge is -2.09. The number of hydrogen-bond acceptors (Lipinski definition) is 4. The van der Waals surface area contributed by atoms with Crippen LogP contribution in [0.3, 0.4) is 0 Å². The number of carbonyl (C=O) groups excluding carboxylic acids is 2. The maximum Gasteiger partial charge on any atom is 0.343 e. The zero-order chi connectivity index (χ0) is 19.7. The summed E-state index contributed by atoms with van der Waals surface area (Å²) in [6, 6.07) is 19.1. The Hall–Kier alpha value is -3.66. The molecule has 0 bridgehead atoms. The van der Waals surface area contributed by atoms with Gasteiger partial charge in [-0.1, -0.05) is 60.2 Å². The first kappa shape index (κ1) is 17.7. The van der Waals surface area contributed by atoms with Crippen LogP contribution in [0.25, 0.3) is 22.6 Å². The predicted molar refractivity (Wildman–Crippen MR) is 108 cm³/mol. The lowest BCUT2D eigenvalue weighted by molar-refractivity contribution is -0.132. The molecule has 0 atom stereocenters. The van der Waals surface area contributed by atoms with E-state index >= 15 is 0 Å². The molecular formula is C24H18O4. The van der Waals surface area contributed by atoms with Crippen molar-refractivity contribution < 1.29 is 19.1 Å². The second-order valence-electron chi connectivity index (χ2n) is 6.66. The van der Waals surface area contributed by atoms with Crippen LogP contribution in [0.15, 0.2) is 72.3 Å². The van der Waals surface area contributed by atoms with Crippen LogP contribution in [0.2, 0.25) is 0 Å². The van der Waals surface area contributed by atoms with E-state index in [2.05, 4.69) is 0 Å². The molecular weight excluding hydrogens is 352 g/mol. The molecule has 0 aromatic heterocycles. The first-order valence-corrected chi connectivity index (χ1v) is 8.94. The Bertz CT molecular complexity index is 1150. The molecule has 4 rings (SSSR count). The standard InChI is InChI=1S/C24H18O4/c1-15-7-9-18(10-8-15)23-14-19(24(26)28-23)13-21-20-6-4-3-5-17(20)11-12-22(21)27-16(2)25/h3-14H,1-2H3/b19-13+. The zero-order valence-corrected chi connectivity index (χ0v) is 15.6. The summed E-state index contributed by atoms with van der Waals surface area (Å²) in [5.41, 5.74) is 3.04. The maximum absolute atomic E-state index is 12.4. The minimum absolute atomic E-state index is 0.403. The van der Waals surface area contributed by atoms with Crippen LogP contribution in [-0.2, 0) is 14.3 Å². The summed E-state index contributed by atoms with van der Waals surface area (Å²) in [5.74, 6) is 0.0614. The average molecular weight is 370 g/mol. The van der Waals surface area contributed by atoms with E-state index in [4.69, 9.17) is 9.47 Å². The van der Waals surface area contributed by atoms with Gasteiger partial charge < -0.3 is 9.47 Å². The molecule has 1 heterocycles. The summed E-state index contributed by atoms with van der Waals surface area (Å²) in [6.45, 7) is 3.35. The van der Waals surface area contributed by atoms with Gasteiger partial charge in [-0.2, -0.15) is 0 Å². The highest BCUT2D eigenvalue weighted by Gasteiger charge is 2.23. The minimum Gasteiger partial charge on any atom is -0.426 e. The van der Waals surface area contributed by atoms with Gasteiger partial charge in [0, 0.05) is 18.1 Å². The average Bonchev–Trinajstić information content (AvgIpc) is 3.04. The number of aryl methyl sites for hydroxylation is 1. The molecule has 1 aliphatic rings. The summed E-state index contributed by atoms with van der Waals surface area (Å²) in [6.07, 6.45) is 3.43. The molecule has 0 N–H and O–H groups in total. The van der Waals surface area contributed by atoms with Crippen molar-refractivity contribution in [3.8, 4) is 5.75 Å². The zero-order valence-electron chi connectivity index (χ0n) is 15.6. The second kappa shape index (κ2) is 7.16. The van der Waals surface area contributed by atoms with Gasteiger partial charge >= 0.3 is 11.9 Å². The van der Waals surface area contributed by atoms with Crippen molar-refractivity contribution in [2.45, 2.75) is 13.8 Å². The van der Waals surface area contributed by atoms with E-state index in [1.165, 1.54) is 6.92 Å². The Morgan fingerprint density at radius 1 is 1.00 bits per heavy atom. The number of rotatable bonds is 3. The van der Waals surface area contributed by atoms with Gasteiger partial charge in [-0.05, 0) is 35.9 Å². The third-order valence-electron chi connectivity index (χ3n) is 4.55. The molecule has 4 heteroatoms. The minimum atomic E-state index is -0.433. The van der Waals surface area contributed by atoms with Gasteiger partial charge in [-0.3, -0.25) is 4.79 Å². The summed E-state index contributed by atoms with van der Waals surface area (Å²) >= 11 is 0. The molecule has 3 aromatic rings. The molecule has 138 valence electrons. The lowest BCUT2D eigenvalue weighted by Crippen LogP contribution is -2.03. The Balaban J connectivity index is 1.83. The van der Waals surface area contributed by atoms with Crippen molar-refractivity contribution >= 4 is 34.5 Å². The van der Waals surface area contributed by atoms with E-state index in [1.54, 1.807) is 18.2 Å². The molecule has 0 saturated carbocycles. The summed E-state index contributed by atoms with van der Waals surface area (Å²) in [7, 11) is 0. The lowest BCUT2D eigenvalue weighted by atomic mass is 10.0. The third-order valence-corrected chi connectivity index (χ3v) is 4.55. The molecule has 0 aliphatic carbocycles. The van der Waals surface area contributed by atoms with Crippen molar-refractivity contribution in [3.63, 3.8) is 0 Å². The van der Waals surface area contributed by atoms with Gasteiger partial charge in [-0.25, -0.2) is 4.79 Å². The highest BCUT2D eigenvalue weighted by Crippen LogP contribution is 2.33. The molecule has 3 aromatic carbocycles. The van der Waals surface area contributed by atoms with Crippen LogP contribution < -0.4 is 4.74 Å². The maximum atomic E-state index is 12.4. The normalized spacial score (nSPS) is 14.9. The monoisotopic (exact) mass is 370 g/mol. The number of ether oxygens (including phenoxy) is 2. The van der Waals surface area contributed by atoms with E-state index < -0.39 is 11.9 Å². The smallest absolute Gasteiger partial charge is 0.343 e. The first-order valence-electron chi connectivity index (χ1n) is 8.94. The fourth-order valence-corrected chi connectivity index (χ4v) is 3.17. The van der Waals surface area contributed by atoms with Crippen LogP contribution in [-0.4, -0.2) is 11.9 Å². The SMILES string of the molecule is CC(=O)Oc1ccc2ccccc2c1/C=C1\C=C(c2ccc(C)cc2)OC1=O. The van der Waals surface area contributed by atoms with E-state index in [1.807, 2.05) is 61.5 Å². The molecule has 0 unspecified atom stereocenters. The van der Waals surface area contributed by atoms with E-state index in [0.717, 1.165) is 21.9 Å². The van der Waals surface area contributed by atoms with Gasteiger partial charge in [0.25, 0.3) is 0 Å². The van der Waals surface area contributed by atoms with E-state index in [9.17, 15) is 9.59 Å². The van der Waals surface area contributed by atoms with Crippen LogP contribution >= 0.6 is 0 Å². The molecule has 0 fully saturated rings. The van der Waals surface area contributed by atoms with Crippen molar-refractivity contribution in [3.05, 3.63) is 89.0 Å². The quantitative estimate of drug-likeness (QED) is 0.368. The highest BCUT2D eigenvalue weighted by atomic mass is 16.5. The van der Waals surface area contributed by atoms with Crippen molar-refractivity contribution in [2.24, 2.45) is 0 Å². The number of hydrogen-bond donors (Lipinski definition) is 0. The molecule has 0 saturated heterocycles. The number of esters is 2.